The van der Waals surface area contributed by atoms with E-state index in [9.17, 15) is 14.7 Å². The van der Waals surface area contributed by atoms with Crippen molar-refractivity contribution in [3.8, 4) is 17.2 Å². The van der Waals surface area contributed by atoms with Crippen LogP contribution in [-0.2, 0) is 16.0 Å². The number of fused-ring (bicyclic) bond motifs is 1. The summed E-state index contributed by atoms with van der Waals surface area (Å²) in [6.45, 7) is 9.24. The van der Waals surface area contributed by atoms with Gasteiger partial charge in [0.25, 0.3) is 11.7 Å². The van der Waals surface area contributed by atoms with Crippen LogP contribution in [0.2, 0.25) is 0 Å². The first-order valence-electron chi connectivity index (χ1n) is 14.0. The summed E-state index contributed by atoms with van der Waals surface area (Å²) in [6.07, 6.45) is 1.48. The standard InChI is InChI=1S/C33H36N2O5/c1-4-34(5-2)17-10-18-35-30(23-11-9-14-27(21-23)40-26-12-7-6-8-13-26)29(32(37)33(35)38)31(36)24-15-16-28-25(20-24)19-22(3)39-28/h6-9,11-16,20-22,30,36H,4-5,10,17-19H2,1-3H3/b31-29+/t22-,30-/m0/s1. The van der Waals surface area contributed by atoms with Gasteiger partial charge in [0.05, 0.1) is 11.6 Å². The number of nitrogens with zero attached hydrogens (tertiary/aromatic N) is 2. The fourth-order valence-electron chi connectivity index (χ4n) is 5.56. The molecule has 1 saturated heterocycles. The first-order valence-corrected chi connectivity index (χ1v) is 14.0. The number of para-hydroxylation sites is 1. The van der Waals surface area contributed by atoms with Crippen LogP contribution in [0.25, 0.3) is 5.76 Å². The number of hydrogen-bond acceptors (Lipinski definition) is 6. The van der Waals surface area contributed by atoms with Gasteiger partial charge >= 0.3 is 0 Å². The minimum atomic E-state index is -0.737. The van der Waals surface area contributed by atoms with Crippen molar-refractivity contribution in [2.24, 2.45) is 0 Å². The molecule has 7 nitrogen and oxygen atoms in total. The largest absolute Gasteiger partial charge is 0.507 e. The Morgan fingerprint density at radius 1 is 1.00 bits per heavy atom. The highest BCUT2D eigenvalue weighted by Gasteiger charge is 2.46. The predicted octanol–water partition coefficient (Wildman–Crippen LogP) is 5.96. The highest BCUT2D eigenvalue weighted by Crippen LogP contribution is 2.41. The second-order valence-corrected chi connectivity index (χ2v) is 10.3. The van der Waals surface area contributed by atoms with Crippen LogP contribution >= 0.6 is 0 Å². The average molecular weight is 541 g/mol. The monoisotopic (exact) mass is 540 g/mol. The summed E-state index contributed by atoms with van der Waals surface area (Å²) >= 11 is 0. The van der Waals surface area contributed by atoms with Gasteiger partial charge in [-0.2, -0.15) is 0 Å². The number of aliphatic hydroxyl groups is 1. The zero-order valence-corrected chi connectivity index (χ0v) is 23.3. The Morgan fingerprint density at radius 2 is 1.75 bits per heavy atom. The zero-order chi connectivity index (χ0) is 28.2. The molecule has 3 aromatic carbocycles. The molecule has 5 rings (SSSR count). The summed E-state index contributed by atoms with van der Waals surface area (Å²) in [4.78, 5) is 30.8. The highest BCUT2D eigenvalue weighted by molar-refractivity contribution is 6.46. The van der Waals surface area contributed by atoms with Crippen LogP contribution in [0.15, 0.2) is 78.4 Å². The minimum absolute atomic E-state index is 0.0520. The first-order chi connectivity index (χ1) is 19.4. The van der Waals surface area contributed by atoms with Crippen LogP contribution in [0.4, 0.5) is 0 Å². The topological polar surface area (TPSA) is 79.3 Å². The molecule has 208 valence electrons. The molecular weight excluding hydrogens is 504 g/mol. The van der Waals surface area contributed by atoms with E-state index in [1.165, 1.54) is 0 Å². The van der Waals surface area contributed by atoms with Crippen molar-refractivity contribution in [2.45, 2.75) is 45.8 Å². The molecule has 0 spiro atoms. The Bertz CT molecular complexity index is 1410. The van der Waals surface area contributed by atoms with Crippen molar-refractivity contribution < 1.29 is 24.2 Å². The smallest absolute Gasteiger partial charge is 0.295 e. The van der Waals surface area contributed by atoms with E-state index in [-0.39, 0.29) is 17.4 Å². The van der Waals surface area contributed by atoms with E-state index in [0.29, 0.717) is 35.6 Å². The molecule has 2 heterocycles. The first kappa shape index (κ1) is 27.5. The lowest BCUT2D eigenvalue weighted by molar-refractivity contribution is -0.140. The van der Waals surface area contributed by atoms with Crippen LogP contribution in [-0.4, -0.2) is 58.9 Å². The van der Waals surface area contributed by atoms with E-state index in [2.05, 4.69) is 18.7 Å². The number of benzene rings is 3. The van der Waals surface area contributed by atoms with Crippen molar-refractivity contribution in [3.05, 3.63) is 95.1 Å². The van der Waals surface area contributed by atoms with E-state index >= 15 is 0 Å². The molecular formula is C33H36N2O5. The Morgan fingerprint density at radius 3 is 2.50 bits per heavy atom. The van der Waals surface area contributed by atoms with Gasteiger partial charge in [0.2, 0.25) is 0 Å². The van der Waals surface area contributed by atoms with Gasteiger partial charge in [-0.15, -0.1) is 0 Å². The molecule has 1 amide bonds. The van der Waals surface area contributed by atoms with Crippen LogP contribution in [0.5, 0.6) is 17.2 Å². The second-order valence-electron chi connectivity index (χ2n) is 10.3. The predicted molar refractivity (Wildman–Crippen MR) is 155 cm³/mol. The van der Waals surface area contributed by atoms with Gasteiger partial charge in [-0.1, -0.05) is 44.2 Å². The van der Waals surface area contributed by atoms with Gasteiger partial charge in [-0.3, -0.25) is 9.59 Å². The molecule has 0 aliphatic carbocycles. The maximum atomic E-state index is 13.5. The molecule has 0 unspecified atom stereocenters. The van der Waals surface area contributed by atoms with E-state index in [0.717, 1.165) is 37.4 Å². The molecule has 40 heavy (non-hydrogen) atoms. The number of ether oxygens (including phenoxy) is 2. The third-order valence-corrected chi connectivity index (χ3v) is 7.63. The van der Waals surface area contributed by atoms with E-state index in [4.69, 9.17) is 9.47 Å². The molecule has 0 radical (unpaired) electrons. The molecule has 3 aromatic rings. The van der Waals surface area contributed by atoms with Crippen LogP contribution in [0.1, 0.15) is 49.9 Å². The van der Waals surface area contributed by atoms with Gasteiger partial charge in [0.15, 0.2) is 0 Å². The van der Waals surface area contributed by atoms with Crippen molar-refractivity contribution in [1.82, 2.24) is 9.80 Å². The van der Waals surface area contributed by atoms with Gasteiger partial charge in [-0.25, -0.2) is 0 Å². The number of ketones is 1. The molecule has 1 fully saturated rings. The lowest BCUT2D eigenvalue weighted by Crippen LogP contribution is -2.33. The quantitative estimate of drug-likeness (QED) is 0.194. The number of carbonyl (C=O) groups is 2. The van der Waals surface area contributed by atoms with E-state index in [1.807, 2.05) is 73.7 Å². The summed E-state index contributed by atoms with van der Waals surface area (Å²) in [6, 6.07) is 21.5. The van der Waals surface area contributed by atoms with Crippen molar-refractivity contribution in [1.29, 1.82) is 0 Å². The number of Topliss-reactive ketones (excluding diaryl/α,β-unsaturated/α-hetero) is 1. The Hall–Kier alpha value is -4.10. The van der Waals surface area contributed by atoms with Crippen molar-refractivity contribution in [3.63, 3.8) is 0 Å². The van der Waals surface area contributed by atoms with Gasteiger partial charge in [0, 0.05) is 18.5 Å². The van der Waals surface area contributed by atoms with Crippen LogP contribution < -0.4 is 9.47 Å². The number of aliphatic hydroxyl groups excluding tert-OH is 1. The number of amides is 1. The second kappa shape index (κ2) is 12.0. The zero-order valence-electron chi connectivity index (χ0n) is 23.3. The fourth-order valence-corrected chi connectivity index (χ4v) is 5.56. The highest BCUT2D eigenvalue weighted by atomic mass is 16.5. The Kier molecular flexibility index (Phi) is 8.21. The molecule has 7 heteroatoms. The summed E-state index contributed by atoms with van der Waals surface area (Å²) in [5.41, 5.74) is 2.27. The molecule has 2 aliphatic heterocycles. The number of hydrogen-bond donors (Lipinski definition) is 1. The van der Waals surface area contributed by atoms with E-state index < -0.39 is 17.7 Å². The maximum absolute atomic E-state index is 13.5. The average Bonchev–Trinajstić information content (AvgIpc) is 3.46. The molecule has 2 atom stereocenters. The van der Waals surface area contributed by atoms with Gasteiger partial charge in [-0.05, 0) is 86.6 Å². The summed E-state index contributed by atoms with van der Waals surface area (Å²) in [7, 11) is 0. The lowest BCUT2D eigenvalue weighted by Gasteiger charge is -2.27. The number of rotatable bonds is 10. The SMILES string of the molecule is CCN(CC)CCCN1C(=O)C(=O)/C(=C(/O)c2ccc3c(c2)C[C@H](C)O3)[C@@H]1c1cccc(Oc2ccccc2)c1. The molecule has 1 N–H and O–H groups in total. The lowest BCUT2D eigenvalue weighted by atomic mass is 9.94. The Labute approximate surface area is 235 Å². The third-order valence-electron chi connectivity index (χ3n) is 7.63. The van der Waals surface area contributed by atoms with Crippen LogP contribution in [0, 0.1) is 0 Å². The van der Waals surface area contributed by atoms with Crippen molar-refractivity contribution >= 4 is 17.4 Å². The van der Waals surface area contributed by atoms with Crippen molar-refractivity contribution in [2.75, 3.05) is 26.2 Å². The summed E-state index contributed by atoms with van der Waals surface area (Å²) in [5, 5.41) is 11.5. The summed E-state index contributed by atoms with van der Waals surface area (Å²) < 4.78 is 11.9. The fraction of sp³-hybridized carbons (Fsp3) is 0.333. The molecule has 2 aliphatic rings. The number of carbonyl (C=O) groups excluding carboxylic acids is 2. The van der Waals surface area contributed by atoms with Gasteiger partial charge < -0.3 is 24.4 Å². The Balaban J connectivity index is 1.54. The maximum Gasteiger partial charge on any atom is 0.295 e. The number of likely N-dealkylation sites (tertiary alicyclic amines) is 1. The molecule has 0 aromatic heterocycles. The molecule has 0 saturated carbocycles. The summed E-state index contributed by atoms with van der Waals surface area (Å²) in [5.74, 6) is 0.599. The molecule has 0 bridgehead atoms. The van der Waals surface area contributed by atoms with Crippen LogP contribution in [0.3, 0.4) is 0 Å². The van der Waals surface area contributed by atoms with Gasteiger partial charge in [0.1, 0.15) is 29.1 Å². The third kappa shape index (κ3) is 5.61. The van der Waals surface area contributed by atoms with E-state index in [1.54, 1.807) is 11.0 Å². The minimum Gasteiger partial charge on any atom is -0.507 e. The normalized spacial score (nSPS) is 19.6.